The summed E-state index contributed by atoms with van der Waals surface area (Å²) in [5, 5.41) is 18.6. The zero-order valence-electron chi connectivity index (χ0n) is 15.7. The number of anilines is 3. The summed E-state index contributed by atoms with van der Waals surface area (Å²) in [5.41, 5.74) is 1.69. The molecule has 0 atom stereocenters. The Bertz CT molecular complexity index is 884. The zero-order valence-corrected chi connectivity index (χ0v) is 15.7. The first-order valence-electron chi connectivity index (χ1n) is 9.77. The molecular weight excluding hydrogens is 352 g/mol. The molecule has 28 heavy (non-hydrogen) atoms. The molecule has 1 aromatic carbocycles. The Hall–Kier alpha value is -3.22. The van der Waals surface area contributed by atoms with Crippen LogP contribution in [0.4, 0.5) is 17.2 Å². The fraction of sp³-hybridized carbons (Fsp3) is 0.333. The van der Waals surface area contributed by atoms with E-state index in [-0.39, 0.29) is 5.91 Å². The van der Waals surface area contributed by atoms with E-state index in [2.05, 4.69) is 25.9 Å². The van der Waals surface area contributed by atoms with E-state index in [1.807, 2.05) is 48.7 Å². The van der Waals surface area contributed by atoms with Crippen molar-refractivity contribution in [1.82, 2.24) is 20.0 Å². The molecule has 7 heteroatoms. The molecule has 2 heterocycles. The minimum atomic E-state index is 0.0905. The van der Waals surface area contributed by atoms with Gasteiger partial charge in [0.1, 0.15) is 0 Å². The van der Waals surface area contributed by atoms with Crippen LogP contribution in [0.2, 0.25) is 0 Å². The first kappa shape index (κ1) is 18.2. The molecule has 3 aromatic rings. The van der Waals surface area contributed by atoms with Crippen molar-refractivity contribution in [2.75, 3.05) is 10.6 Å². The molecule has 0 saturated heterocycles. The van der Waals surface area contributed by atoms with Crippen LogP contribution in [0.3, 0.4) is 0 Å². The molecule has 7 nitrogen and oxygen atoms in total. The van der Waals surface area contributed by atoms with Crippen molar-refractivity contribution in [1.29, 1.82) is 0 Å². The Morgan fingerprint density at radius 3 is 2.50 bits per heavy atom. The van der Waals surface area contributed by atoms with E-state index in [1.54, 1.807) is 10.9 Å². The third kappa shape index (κ3) is 4.73. The SMILES string of the molecule is O=C(CCC1CCCC1)Nc1ccc(Nc2ccc(-n3cccn3)nn2)cc1. The lowest BCUT2D eigenvalue weighted by Crippen LogP contribution is -2.12. The maximum absolute atomic E-state index is 12.1. The summed E-state index contributed by atoms with van der Waals surface area (Å²) < 4.78 is 1.65. The van der Waals surface area contributed by atoms with Crippen molar-refractivity contribution < 1.29 is 4.79 Å². The molecule has 0 spiro atoms. The number of carbonyl (C=O) groups excluding carboxylic acids is 1. The summed E-state index contributed by atoms with van der Waals surface area (Å²) in [6, 6.07) is 13.1. The van der Waals surface area contributed by atoms with Gasteiger partial charge < -0.3 is 10.6 Å². The third-order valence-corrected chi connectivity index (χ3v) is 5.09. The number of rotatable bonds is 7. The number of amides is 1. The number of aromatic nitrogens is 4. The van der Waals surface area contributed by atoms with E-state index in [0.29, 0.717) is 18.1 Å². The van der Waals surface area contributed by atoms with Crippen LogP contribution in [-0.2, 0) is 4.79 Å². The number of nitrogens with one attached hydrogen (secondary N) is 2. The van der Waals surface area contributed by atoms with E-state index >= 15 is 0 Å². The van der Waals surface area contributed by atoms with Crippen molar-refractivity contribution in [3.05, 3.63) is 54.9 Å². The maximum atomic E-state index is 12.1. The van der Waals surface area contributed by atoms with Gasteiger partial charge in [-0.25, -0.2) is 4.68 Å². The highest BCUT2D eigenvalue weighted by Crippen LogP contribution is 2.28. The number of hydrogen-bond donors (Lipinski definition) is 2. The monoisotopic (exact) mass is 376 g/mol. The van der Waals surface area contributed by atoms with Crippen molar-refractivity contribution in [3.63, 3.8) is 0 Å². The van der Waals surface area contributed by atoms with Crippen LogP contribution in [0.5, 0.6) is 0 Å². The van der Waals surface area contributed by atoms with Crippen LogP contribution in [0.15, 0.2) is 54.9 Å². The molecule has 4 rings (SSSR count). The van der Waals surface area contributed by atoms with Gasteiger partial charge in [0, 0.05) is 30.2 Å². The van der Waals surface area contributed by atoms with E-state index in [9.17, 15) is 4.79 Å². The van der Waals surface area contributed by atoms with E-state index in [1.165, 1.54) is 25.7 Å². The van der Waals surface area contributed by atoms with Crippen molar-refractivity contribution in [2.24, 2.45) is 5.92 Å². The average molecular weight is 376 g/mol. The van der Waals surface area contributed by atoms with Crippen LogP contribution in [-0.4, -0.2) is 25.9 Å². The normalized spacial score (nSPS) is 14.1. The van der Waals surface area contributed by atoms with Crippen LogP contribution in [0, 0.1) is 5.92 Å². The van der Waals surface area contributed by atoms with Crippen LogP contribution < -0.4 is 10.6 Å². The zero-order chi connectivity index (χ0) is 19.2. The lowest BCUT2D eigenvalue weighted by atomic mass is 10.0. The highest BCUT2D eigenvalue weighted by Gasteiger charge is 2.16. The van der Waals surface area contributed by atoms with Gasteiger partial charge in [-0.05, 0) is 54.8 Å². The Balaban J connectivity index is 1.28. The summed E-state index contributed by atoms with van der Waals surface area (Å²) >= 11 is 0. The molecule has 0 radical (unpaired) electrons. The van der Waals surface area contributed by atoms with Gasteiger partial charge in [0.15, 0.2) is 11.6 Å². The fourth-order valence-electron chi connectivity index (χ4n) is 3.56. The molecule has 1 fully saturated rings. The average Bonchev–Trinajstić information content (AvgIpc) is 3.43. The molecule has 1 amide bonds. The summed E-state index contributed by atoms with van der Waals surface area (Å²) in [4.78, 5) is 12.1. The van der Waals surface area contributed by atoms with Gasteiger partial charge in [0.25, 0.3) is 0 Å². The van der Waals surface area contributed by atoms with Gasteiger partial charge in [-0.3, -0.25) is 4.79 Å². The van der Waals surface area contributed by atoms with Crippen molar-refractivity contribution in [2.45, 2.75) is 38.5 Å². The van der Waals surface area contributed by atoms with Crippen molar-refractivity contribution >= 4 is 23.1 Å². The molecule has 2 aromatic heterocycles. The lowest BCUT2D eigenvalue weighted by molar-refractivity contribution is -0.116. The summed E-state index contributed by atoms with van der Waals surface area (Å²) in [6.45, 7) is 0. The second-order valence-corrected chi connectivity index (χ2v) is 7.17. The summed E-state index contributed by atoms with van der Waals surface area (Å²) in [6.07, 6.45) is 10.3. The van der Waals surface area contributed by atoms with Gasteiger partial charge >= 0.3 is 0 Å². The highest BCUT2D eigenvalue weighted by atomic mass is 16.1. The van der Waals surface area contributed by atoms with Crippen LogP contribution in [0.1, 0.15) is 38.5 Å². The molecule has 0 unspecified atom stereocenters. The largest absolute Gasteiger partial charge is 0.339 e. The van der Waals surface area contributed by atoms with E-state index in [4.69, 9.17) is 0 Å². The lowest BCUT2D eigenvalue weighted by Gasteiger charge is -2.10. The first-order valence-corrected chi connectivity index (χ1v) is 9.77. The number of nitrogens with zero attached hydrogens (tertiary/aromatic N) is 4. The molecule has 0 aliphatic heterocycles. The molecule has 1 aliphatic carbocycles. The number of benzene rings is 1. The van der Waals surface area contributed by atoms with Gasteiger partial charge in [-0.2, -0.15) is 5.10 Å². The summed E-state index contributed by atoms with van der Waals surface area (Å²) in [5.74, 6) is 2.13. The molecule has 144 valence electrons. The Morgan fingerprint density at radius 2 is 1.82 bits per heavy atom. The van der Waals surface area contributed by atoms with E-state index < -0.39 is 0 Å². The second kappa shape index (κ2) is 8.65. The third-order valence-electron chi connectivity index (χ3n) is 5.09. The Kier molecular flexibility index (Phi) is 5.61. The predicted molar refractivity (Wildman–Crippen MR) is 109 cm³/mol. The summed E-state index contributed by atoms with van der Waals surface area (Å²) in [7, 11) is 0. The second-order valence-electron chi connectivity index (χ2n) is 7.17. The number of hydrogen-bond acceptors (Lipinski definition) is 5. The number of carbonyl (C=O) groups is 1. The molecule has 0 bridgehead atoms. The molecule has 2 N–H and O–H groups in total. The molecular formula is C21H24N6O. The van der Waals surface area contributed by atoms with Crippen LogP contribution >= 0.6 is 0 Å². The minimum Gasteiger partial charge on any atom is -0.339 e. The van der Waals surface area contributed by atoms with Gasteiger partial charge in [-0.15, -0.1) is 10.2 Å². The molecule has 1 saturated carbocycles. The van der Waals surface area contributed by atoms with Crippen molar-refractivity contribution in [3.8, 4) is 5.82 Å². The topological polar surface area (TPSA) is 84.7 Å². The quantitative estimate of drug-likeness (QED) is 0.642. The minimum absolute atomic E-state index is 0.0905. The first-order chi connectivity index (χ1) is 13.8. The fourth-order valence-corrected chi connectivity index (χ4v) is 3.56. The maximum Gasteiger partial charge on any atom is 0.224 e. The highest BCUT2D eigenvalue weighted by molar-refractivity contribution is 5.90. The van der Waals surface area contributed by atoms with Gasteiger partial charge in [0.05, 0.1) is 0 Å². The smallest absolute Gasteiger partial charge is 0.224 e. The predicted octanol–water partition coefficient (Wildman–Crippen LogP) is 4.31. The van der Waals surface area contributed by atoms with Gasteiger partial charge in [-0.1, -0.05) is 25.7 Å². The van der Waals surface area contributed by atoms with E-state index in [0.717, 1.165) is 23.7 Å². The molecule has 1 aliphatic rings. The Morgan fingerprint density at radius 1 is 1.04 bits per heavy atom. The van der Waals surface area contributed by atoms with Crippen LogP contribution in [0.25, 0.3) is 5.82 Å². The van der Waals surface area contributed by atoms with Gasteiger partial charge in [0.2, 0.25) is 5.91 Å². The standard InChI is InChI=1S/C21H24N6O/c28-21(13-6-16-4-1-2-5-16)24-18-9-7-17(8-10-18)23-19-11-12-20(26-25-19)27-15-3-14-22-27/h3,7-12,14-16H,1-2,4-6,13H2,(H,23,25)(H,24,28). The Labute approximate surface area is 164 Å².